The van der Waals surface area contributed by atoms with E-state index in [2.05, 4.69) is 4.72 Å². The van der Waals surface area contributed by atoms with Crippen molar-refractivity contribution in [3.8, 4) is 0 Å². The van der Waals surface area contributed by atoms with Gasteiger partial charge in [-0.2, -0.15) is 0 Å². The predicted octanol–water partition coefficient (Wildman–Crippen LogP) is 2.75. The number of hydrogen-bond acceptors (Lipinski definition) is 5. The molecule has 1 aromatic carbocycles. The third-order valence-corrected chi connectivity index (χ3v) is 4.68. The second-order valence-electron chi connectivity index (χ2n) is 6.23. The number of nitrogens with one attached hydrogen (secondary N) is 1. The molecular formula is C17H23NO5S. The molecular weight excluding hydrogens is 330 g/mol. The van der Waals surface area contributed by atoms with Gasteiger partial charge in [-0.05, 0) is 44.0 Å². The average Bonchev–Trinajstić information content (AvgIpc) is 2.54. The number of benzene rings is 1. The van der Waals surface area contributed by atoms with Crippen molar-refractivity contribution in [2.75, 3.05) is 11.0 Å². The molecule has 0 unspecified atom stereocenters. The van der Waals surface area contributed by atoms with Crippen LogP contribution in [0.3, 0.4) is 0 Å². The number of sulfonamides is 1. The van der Waals surface area contributed by atoms with Crippen molar-refractivity contribution in [1.29, 1.82) is 0 Å². The van der Waals surface area contributed by atoms with E-state index in [0.717, 1.165) is 38.4 Å². The van der Waals surface area contributed by atoms with E-state index in [-0.39, 0.29) is 17.7 Å². The lowest BCUT2D eigenvalue weighted by atomic mass is 9.89. The van der Waals surface area contributed by atoms with Crippen molar-refractivity contribution in [2.45, 2.75) is 45.1 Å². The van der Waals surface area contributed by atoms with E-state index in [0.29, 0.717) is 11.3 Å². The van der Waals surface area contributed by atoms with Gasteiger partial charge < -0.3 is 4.74 Å². The van der Waals surface area contributed by atoms with Crippen LogP contribution in [0, 0.1) is 5.92 Å². The summed E-state index contributed by atoms with van der Waals surface area (Å²) in [6.45, 7) is 1.56. The van der Waals surface area contributed by atoms with E-state index in [1.165, 1.54) is 24.3 Å². The van der Waals surface area contributed by atoms with Crippen LogP contribution in [0.4, 0.5) is 5.69 Å². The van der Waals surface area contributed by atoms with E-state index >= 15 is 0 Å². The second kappa shape index (κ2) is 7.79. The molecule has 6 nitrogen and oxygen atoms in total. The van der Waals surface area contributed by atoms with E-state index in [9.17, 15) is 18.0 Å². The molecule has 1 aromatic rings. The predicted molar refractivity (Wildman–Crippen MR) is 91.4 cm³/mol. The van der Waals surface area contributed by atoms with Gasteiger partial charge in [-0.3, -0.25) is 14.3 Å². The quantitative estimate of drug-likeness (QED) is 0.627. The minimum Gasteiger partial charge on any atom is -0.454 e. The molecule has 1 fully saturated rings. The maximum absolute atomic E-state index is 12.3. The first kappa shape index (κ1) is 18.4. The molecule has 0 spiro atoms. The molecule has 7 heteroatoms. The number of rotatable bonds is 6. The first-order valence-electron chi connectivity index (χ1n) is 8.09. The second-order valence-corrected chi connectivity index (χ2v) is 7.98. The van der Waals surface area contributed by atoms with Crippen molar-refractivity contribution >= 4 is 27.5 Å². The van der Waals surface area contributed by atoms with Gasteiger partial charge in [0.05, 0.1) is 12.2 Å². The summed E-state index contributed by atoms with van der Waals surface area (Å²) in [5.74, 6) is -0.702. The summed E-state index contributed by atoms with van der Waals surface area (Å²) in [5.41, 5.74) is 0.749. The highest BCUT2D eigenvalue weighted by molar-refractivity contribution is 7.92. The van der Waals surface area contributed by atoms with Gasteiger partial charge in [0.2, 0.25) is 15.8 Å². The zero-order valence-electron chi connectivity index (χ0n) is 13.9. The SMILES string of the molecule is C[C@H](OC(=O)C1CCCCC1)C(=O)c1ccc(NS(C)(=O)=O)cc1. The molecule has 0 radical (unpaired) electrons. The number of ether oxygens (including phenoxy) is 1. The Morgan fingerprint density at radius 1 is 1.12 bits per heavy atom. The summed E-state index contributed by atoms with van der Waals surface area (Å²) in [4.78, 5) is 24.4. The van der Waals surface area contributed by atoms with Gasteiger partial charge in [-0.1, -0.05) is 19.3 Å². The number of ketones is 1. The van der Waals surface area contributed by atoms with Crippen LogP contribution in [-0.4, -0.2) is 32.5 Å². The van der Waals surface area contributed by atoms with E-state index in [4.69, 9.17) is 4.74 Å². The Kier molecular flexibility index (Phi) is 5.99. The van der Waals surface area contributed by atoms with Gasteiger partial charge in [0.15, 0.2) is 6.10 Å². The first-order valence-corrected chi connectivity index (χ1v) is 9.98. The largest absolute Gasteiger partial charge is 0.454 e. The maximum atomic E-state index is 12.3. The minimum absolute atomic E-state index is 0.102. The summed E-state index contributed by atoms with van der Waals surface area (Å²) < 4.78 is 30.0. The molecule has 1 N–H and O–H groups in total. The van der Waals surface area contributed by atoms with Gasteiger partial charge in [-0.25, -0.2) is 8.42 Å². The van der Waals surface area contributed by atoms with Crippen molar-refractivity contribution in [2.24, 2.45) is 5.92 Å². The summed E-state index contributed by atoms with van der Waals surface area (Å²) in [7, 11) is -3.36. The Morgan fingerprint density at radius 3 is 2.25 bits per heavy atom. The Labute approximate surface area is 142 Å². The monoisotopic (exact) mass is 353 g/mol. The van der Waals surface area contributed by atoms with Crippen LogP contribution >= 0.6 is 0 Å². The Bertz CT molecular complexity index is 690. The third kappa shape index (κ3) is 5.33. The van der Waals surface area contributed by atoms with Gasteiger partial charge >= 0.3 is 5.97 Å². The fraction of sp³-hybridized carbons (Fsp3) is 0.529. The Morgan fingerprint density at radius 2 is 1.71 bits per heavy atom. The molecule has 1 aliphatic rings. The van der Waals surface area contributed by atoms with Crippen LogP contribution in [0.15, 0.2) is 24.3 Å². The number of carbonyl (C=O) groups excluding carboxylic acids is 2. The first-order chi connectivity index (χ1) is 11.3. The molecule has 1 aliphatic carbocycles. The van der Waals surface area contributed by atoms with Gasteiger partial charge in [0, 0.05) is 11.3 Å². The van der Waals surface area contributed by atoms with Crippen LogP contribution in [0.25, 0.3) is 0 Å². The number of Topliss-reactive ketones (excluding diaryl/α,β-unsaturated/α-hetero) is 1. The summed E-state index contributed by atoms with van der Waals surface area (Å²) >= 11 is 0. The van der Waals surface area contributed by atoms with Crippen LogP contribution in [0.1, 0.15) is 49.4 Å². The van der Waals surface area contributed by atoms with E-state index < -0.39 is 16.1 Å². The fourth-order valence-electron chi connectivity index (χ4n) is 2.81. The van der Waals surface area contributed by atoms with Crippen LogP contribution in [0.2, 0.25) is 0 Å². The van der Waals surface area contributed by atoms with Crippen LogP contribution < -0.4 is 4.72 Å². The summed E-state index contributed by atoms with van der Waals surface area (Å²) in [6.07, 6.45) is 5.05. The lowest BCUT2D eigenvalue weighted by Gasteiger charge is -2.22. The molecule has 0 saturated heterocycles. The zero-order chi connectivity index (χ0) is 17.7. The zero-order valence-corrected chi connectivity index (χ0v) is 14.8. The molecule has 2 rings (SSSR count). The van der Waals surface area contributed by atoms with Crippen molar-refractivity contribution in [3.05, 3.63) is 29.8 Å². The van der Waals surface area contributed by atoms with E-state index in [1.54, 1.807) is 6.92 Å². The van der Waals surface area contributed by atoms with Crippen molar-refractivity contribution in [1.82, 2.24) is 0 Å². The molecule has 0 aromatic heterocycles. The highest BCUT2D eigenvalue weighted by atomic mass is 32.2. The lowest BCUT2D eigenvalue weighted by molar-refractivity contribution is -0.152. The van der Waals surface area contributed by atoms with Crippen LogP contribution in [0.5, 0.6) is 0 Å². The van der Waals surface area contributed by atoms with E-state index in [1.807, 2.05) is 0 Å². The highest BCUT2D eigenvalue weighted by Crippen LogP contribution is 2.25. The normalized spacial score (nSPS) is 17.1. The Hall–Kier alpha value is -1.89. The molecule has 0 amide bonds. The number of carbonyl (C=O) groups is 2. The molecule has 1 saturated carbocycles. The molecule has 0 heterocycles. The molecule has 1 atom stereocenters. The third-order valence-electron chi connectivity index (χ3n) is 4.07. The van der Waals surface area contributed by atoms with Crippen molar-refractivity contribution in [3.63, 3.8) is 0 Å². The molecule has 0 bridgehead atoms. The van der Waals surface area contributed by atoms with Crippen LogP contribution in [-0.2, 0) is 19.6 Å². The number of esters is 1. The molecule has 132 valence electrons. The molecule has 24 heavy (non-hydrogen) atoms. The highest BCUT2D eigenvalue weighted by Gasteiger charge is 2.26. The standard InChI is InChI=1S/C17H23NO5S/c1-12(23-17(20)14-6-4-3-5-7-14)16(19)13-8-10-15(11-9-13)18-24(2,21)22/h8-12,14,18H,3-7H2,1-2H3/t12-/m0/s1. The average molecular weight is 353 g/mol. The Balaban J connectivity index is 1.95. The smallest absolute Gasteiger partial charge is 0.309 e. The fourth-order valence-corrected chi connectivity index (χ4v) is 3.38. The number of hydrogen-bond donors (Lipinski definition) is 1. The minimum atomic E-state index is -3.36. The van der Waals surface area contributed by atoms with Gasteiger partial charge in [-0.15, -0.1) is 0 Å². The topological polar surface area (TPSA) is 89.5 Å². The lowest BCUT2D eigenvalue weighted by Crippen LogP contribution is -2.29. The van der Waals surface area contributed by atoms with Crippen molar-refractivity contribution < 1.29 is 22.7 Å². The van der Waals surface area contributed by atoms with Gasteiger partial charge in [0.1, 0.15) is 0 Å². The molecule has 0 aliphatic heterocycles. The summed E-state index contributed by atoms with van der Waals surface area (Å²) in [6, 6.07) is 6.04. The maximum Gasteiger partial charge on any atom is 0.309 e. The van der Waals surface area contributed by atoms with Gasteiger partial charge in [0.25, 0.3) is 0 Å². The number of anilines is 1. The summed E-state index contributed by atoms with van der Waals surface area (Å²) in [5, 5.41) is 0.